The Morgan fingerprint density at radius 3 is 2.62 bits per heavy atom. The minimum Gasteiger partial charge on any atom is -0.368 e. The predicted octanol–water partition coefficient (Wildman–Crippen LogP) is 1.36. The van der Waals surface area contributed by atoms with Gasteiger partial charge in [0.15, 0.2) is 0 Å². The van der Waals surface area contributed by atoms with Gasteiger partial charge in [0, 0.05) is 10.0 Å². The molecule has 0 heterocycles. The van der Waals surface area contributed by atoms with Gasteiger partial charge in [-0.15, -0.1) is 0 Å². The van der Waals surface area contributed by atoms with Crippen molar-refractivity contribution in [1.82, 2.24) is 5.32 Å². The number of amides is 2. The molecular formula is C11H13BrN2O2. The molecule has 0 fully saturated rings. The van der Waals surface area contributed by atoms with Crippen molar-refractivity contribution in [2.24, 2.45) is 5.73 Å². The minimum atomic E-state index is -0.675. The van der Waals surface area contributed by atoms with Crippen LogP contribution in [0.5, 0.6) is 0 Å². The summed E-state index contributed by atoms with van der Waals surface area (Å²) in [7, 11) is 0. The number of rotatable bonds is 3. The molecule has 0 spiro atoms. The largest absolute Gasteiger partial charge is 0.368 e. The van der Waals surface area contributed by atoms with E-state index in [4.69, 9.17) is 5.73 Å². The summed E-state index contributed by atoms with van der Waals surface area (Å²) < 4.78 is 0.815. The van der Waals surface area contributed by atoms with Gasteiger partial charge in [0.05, 0.1) is 0 Å². The lowest BCUT2D eigenvalue weighted by Crippen LogP contribution is -2.42. The standard InChI is InChI=1S/C11H13BrN2O2/c1-6-3-4-8(12)5-9(6)11(16)14-7(2)10(13)15/h3-5,7H,1-2H3,(H2,13,15)(H,14,16). The van der Waals surface area contributed by atoms with E-state index in [-0.39, 0.29) is 5.91 Å². The Kier molecular flexibility index (Phi) is 4.06. The lowest BCUT2D eigenvalue weighted by Gasteiger charge is -2.11. The Hall–Kier alpha value is -1.36. The van der Waals surface area contributed by atoms with Crippen LogP contribution in [0.2, 0.25) is 0 Å². The maximum atomic E-state index is 11.8. The molecule has 0 saturated heterocycles. The van der Waals surface area contributed by atoms with E-state index in [1.165, 1.54) is 0 Å². The number of halogens is 1. The van der Waals surface area contributed by atoms with Crippen LogP contribution in [0, 0.1) is 6.92 Å². The van der Waals surface area contributed by atoms with Gasteiger partial charge in [0.2, 0.25) is 5.91 Å². The van der Waals surface area contributed by atoms with Crippen molar-refractivity contribution in [2.75, 3.05) is 0 Å². The van der Waals surface area contributed by atoms with E-state index < -0.39 is 11.9 Å². The van der Waals surface area contributed by atoms with Crippen LogP contribution in [0.15, 0.2) is 22.7 Å². The van der Waals surface area contributed by atoms with Gasteiger partial charge in [0.1, 0.15) is 6.04 Å². The summed E-state index contributed by atoms with van der Waals surface area (Å²) in [6.07, 6.45) is 0. The second kappa shape index (κ2) is 5.12. The van der Waals surface area contributed by atoms with Crippen LogP contribution in [0.1, 0.15) is 22.8 Å². The average Bonchev–Trinajstić information content (AvgIpc) is 2.21. The topological polar surface area (TPSA) is 72.2 Å². The Bertz CT molecular complexity index is 432. The maximum Gasteiger partial charge on any atom is 0.252 e. The van der Waals surface area contributed by atoms with Crippen LogP contribution in [-0.4, -0.2) is 17.9 Å². The molecule has 0 radical (unpaired) electrons. The second-order valence-corrected chi connectivity index (χ2v) is 4.47. The fourth-order valence-electron chi connectivity index (χ4n) is 1.18. The molecule has 1 unspecified atom stereocenters. The molecule has 1 atom stereocenters. The van der Waals surface area contributed by atoms with E-state index in [1.54, 1.807) is 13.0 Å². The molecule has 0 saturated carbocycles. The van der Waals surface area contributed by atoms with Crippen LogP contribution >= 0.6 is 15.9 Å². The van der Waals surface area contributed by atoms with Crippen molar-refractivity contribution < 1.29 is 9.59 Å². The summed E-state index contributed by atoms with van der Waals surface area (Å²) >= 11 is 3.29. The third-order valence-electron chi connectivity index (χ3n) is 2.22. The third kappa shape index (κ3) is 3.06. The van der Waals surface area contributed by atoms with Gasteiger partial charge in [-0.3, -0.25) is 9.59 Å². The fraction of sp³-hybridized carbons (Fsp3) is 0.273. The monoisotopic (exact) mass is 284 g/mol. The molecule has 1 aromatic carbocycles. The quantitative estimate of drug-likeness (QED) is 0.880. The van der Waals surface area contributed by atoms with Gasteiger partial charge < -0.3 is 11.1 Å². The Balaban J connectivity index is 2.88. The maximum absolute atomic E-state index is 11.8. The van der Waals surface area contributed by atoms with Crippen molar-refractivity contribution in [3.05, 3.63) is 33.8 Å². The van der Waals surface area contributed by atoms with E-state index in [0.29, 0.717) is 5.56 Å². The number of hydrogen-bond donors (Lipinski definition) is 2. The molecule has 5 heteroatoms. The molecule has 1 aromatic rings. The van der Waals surface area contributed by atoms with Crippen LogP contribution in [0.4, 0.5) is 0 Å². The van der Waals surface area contributed by atoms with Crippen molar-refractivity contribution in [2.45, 2.75) is 19.9 Å². The smallest absolute Gasteiger partial charge is 0.252 e. The zero-order valence-corrected chi connectivity index (χ0v) is 10.7. The molecule has 86 valence electrons. The predicted molar refractivity (Wildman–Crippen MR) is 65.0 cm³/mol. The summed E-state index contributed by atoms with van der Waals surface area (Å²) in [5, 5.41) is 2.53. The number of benzene rings is 1. The van der Waals surface area contributed by atoms with Gasteiger partial charge in [-0.1, -0.05) is 22.0 Å². The number of primary amides is 1. The van der Waals surface area contributed by atoms with E-state index in [1.807, 2.05) is 19.1 Å². The Labute approximate surface area is 102 Å². The minimum absolute atomic E-state index is 0.301. The van der Waals surface area contributed by atoms with Crippen LogP contribution < -0.4 is 11.1 Å². The fourth-order valence-corrected chi connectivity index (χ4v) is 1.55. The van der Waals surface area contributed by atoms with Crippen molar-refractivity contribution >= 4 is 27.7 Å². The first-order valence-electron chi connectivity index (χ1n) is 4.78. The normalized spacial score (nSPS) is 11.9. The molecule has 2 amide bonds. The number of carbonyl (C=O) groups excluding carboxylic acids is 2. The lowest BCUT2D eigenvalue weighted by molar-refractivity contribution is -0.119. The number of carbonyl (C=O) groups is 2. The zero-order chi connectivity index (χ0) is 12.3. The Morgan fingerprint density at radius 1 is 1.44 bits per heavy atom. The van der Waals surface area contributed by atoms with E-state index in [2.05, 4.69) is 21.2 Å². The van der Waals surface area contributed by atoms with Crippen LogP contribution in [0.3, 0.4) is 0 Å². The van der Waals surface area contributed by atoms with Crippen molar-refractivity contribution in [3.8, 4) is 0 Å². The molecule has 0 aliphatic carbocycles. The van der Waals surface area contributed by atoms with Gasteiger partial charge in [0.25, 0.3) is 5.91 Å². The highest BCUT2D eigenvalue weighted by molar-refractivity contribution is 9.10. The molecule has 0 bridgehead atoms. The molecular weight excluding hydrogens is 272 g/mol. The molecule has 0 aliphatic heterocycles. The summed E-state index contributed by atoms with van der Waals surface area (Å²) in [5.74, 6) is -0.855. The van der Waals surface area contributed by atoms with E-state index in [9.17, 15) is 9.59 Å². The number of nitrogens with two attached hydrogens (primary N) is 1. The lowest BCUT2D eigenvalue weighted by atomic mass is 10.1. The highest BCUT2D eigenvalue weighted by Crippen LogP contribution is 2.15. The van der Waals surface area contributed by atoms with Crippen LogP contribution in [-0.2, 0) is 4.79 Å². The first kappa shape index (κ1) is 12.7. The summed E-state index contributed by atoms with van der Waals surface area (Å²) in [5.41, 5.74) is 6.44. The second-order valence-electron chi connectivity index (χ2n) is 3.56. The molecule has 4 nitrogen and oxygen atoms in total. The molecule has 16 heavy (non-hydrogen) atoms. The van der Waals surface area contributed by atoms with E-state index >= 15 is 0 Å². The molecule has 0 aliphatic rings. The number of nitrogens with one attached hydrogen (secondary N) is 1. The van der Waals surface area contributed by atoms with Gasteiger partial charge >= 0.3 is 0 Å². The molecule has 3 N–H and O–H groups in total. The van der Waals surface area contributed by atoms with Gasteiger partial charge in [-0.25, -0.2) is 0 Å². The van der Waals surface area contributed by atoms with Crippen LogP contribution in [0.25, 0.3) is 0 Å². The van der Waals surface area contributed by atoms with Gasteiger partial charge in [-0.05, 0) is 31.5 Å². The highest BCUT2D eigenvalue weighted by atomic mass is 79.9. The zero-order valence-electron chi connectivity index (χ0n) is 9.08. The SMILES string of the molecule is Cc1ccc(Br)cc1C(=O)NC(C)C(N)=O. The number of aryl methyl sites for hydroxylation is 1. The third-order valence-corrected chi connectivity index (χ3v) is 2.71. The van der Waals surface area contributed by atoms with Crippen molar-refractivity contribution in [1.29, 1.82) is 0 Å². The molecule has 1 rings (SSSR count). The van der Waals surface area contributed by atoms with E-state index in [0.717, 1.165) is 10.0 Å². The summed E-state index contributed by atoms with van der Waals surface area (Å²) in [6, 6.07) is 4.71. The van der Waals surface area contributed by atoms with Gasteiger partial charge in [-0.2, -0.15) is 0 Å². The first-order valence-corrected chi connectivity index (χ1v) is 5.57. The highest BCUT2D eigenvalue weighted by Gasteiger charge is 2.15. The summed E-state index contributed by atoms with van der Waals surface area (Å²) in [6.45, 7) is 3.38. The average molecular weight is 285 g/mol. The number of hydrogen-bond acceptors (Lipinski definition) is 2. The Morgan fingerprint density at radius 2 is 2.06 bits per heavy atom. The molecule has 0 aromatic heterocycles. The summed E-state index contributed by atoms with van der Waals surface area (Å²) in [4.78, 5) is 22.6. The first-order chi connectivity index (χ1) is 7.41. The van der Waals surface area contributed by atoms with Crippen molar-refractivity contribution in [3.63, 3.8) is 0 Å².